The third-order valence-electron chi connectivity index (χ3n) is 4.55. The Morgan fingerprint density at radius 2 is 2.04 bits per heavy atom. The number of benzene rings is 1. The first-order valence-corrected chi connectivity index (χ1v) is 8.31. The summed E-state index contributed by atoms with van der Waals surface area (Å²) in [5.74, 6) is -0.899. The molecule has 0 atom stereocenters. The molecule has 6 nitrogen and oxygen atoms in total. The van der Waals surface area contributed by atoms with Crippen LogP contribution >= 0.6 is 0 Å². The number of phenolic OH excluding ortho intramolecular Hbond substituents is 1. The minimum Gasteiger partial charge on any atom is -0.508 e. The van der Waals surface area contributed by atoms with Gasteiger partial charge in [-0.2, -0.15) is 0 Å². The lowest BCUT2D eigenvalue weighted by atomic mass is 9.90. The number of carboxylic acid groups (broad SMARTS) is 1. The van der Waals surface area contributed by atoms with Gasteiger partial charge in [-0.05, 0) is 60.7 Å². The van der Waals surface area contributed by atoms with Gasteiger partial charge in [0.15, 0.2) is 0 Å². The van der Waals surface area contributed by atoms with Crippen LogP contribution in [0.5, 0.6) is 5.75 Å². The van der Waals surface area contributed by atoms with Gasteiger partial charge in [0.05, 0.1) is 11.3 Å². The van der Waals surface area contributed by atoms with Crippen molar-refractivity contribution in [2.24, 2.45) is 0 Å². The number of pyridine rings is 1. The number of fused-ring (bicyclic) bond motifs is 2. The topological polar surface area (TPSA) is 91.9 Å². The van der Waals surface area contributed by atoms with E-state index in [1.165, 1.54) is 16.7 Å². The molecule has 1 aromatic carbocycles. The normalized spacial score (nSPS) is 15.2. The van der Waals surface area contributed by atoms with Crippen molar-refractivity contribution in [2.75, 3.05) is 0 Å². The molecule has 0 bridgehead atoms. The van der Waals surface area contributed by atoms with Gasteiger partial charge in [0, 0.05) is 11.8 Å². The molecule has 0 saturated heterocycles. The van der Waals surface area contributed by atoms with E-state index >= 15 is 0 Å². The second-order valence-corrected chi connectivity index (χ2v) is 6.31. The summed E-state index contributed by atoms with van der Waals surface area (Å²) >= 11 is 0. The number of aromatic nitrogens is 2. The molecule has 0 amide bonds. The van der Waals surface area contributed by atoms with E-state index in [1.54, 1.807) is 24.3 Å². The Kier molecular flexibility index (Phi) is 3.80. The molecule has 0 radical (unpaired) electrons. The molecule has 6 heteroatoms. The van der Waals surface area contributed by atoms with Crippen LogP contribution in [0.2, 0.25) is 0 Å². The molecule has 0 spiro atoms. The van der Waals surface area contributed by atoms with Gasteiger partial charge in [-0.25, -0.2) is 9.78 Å². The Morgan fingerprint density at radius 3 is 2.81 bits per heavy atom. The number of phenols is 1. The van der Waals surface area contributed by atoms with E-state index in [0.717, 1.165) is 24.0 Å². The first-order chi connectivity index (χ1) is 12.5. The Morgan fingerprint density at radius 1 is 1.19 bits per heavy atom. The summed E-state index contributed by atoms with van der Waals surface area (Å²) in [5, 5.41) is 18.8. The van der Waals surface area contributed by atoms with Crippen molar-refractivity contribution in [1.82, 2.24) is 9.38 Å². The summed E-state index contributed by atoms with van der Waals surface area (Å²) in [6.07, 6.45) is 5.48. The maximum absolute atomic E-state index is 12.9. The van der Waals surface area contributed by atoms with E-state index in [0.29, 0.717) is 23.3 Å². The number of rotatable bonds is 2. The molecule has 0 saturated carbocycles. The Balaban J connectivity index is 1.91. The molecule has 1 aliphatic rings. The van der Waals surface area contributed by atoms with Gasteiger partial charge in [0.2, 0.25) is 0 Å². The molecule has 4 rings (SSSR count). The van der Waals surface area contributed by atoms with Crippen molar-refractivity contribution >= 4 is 23.3 Å². The maximum atomic E-state index is 12.9. The molecule has 3 aromatic rings. The standard InChI is InChI=1S/C20H16N2O4/c23-15-5-1-3-12(10-15)9-13-4-2-6-16-18(13)21-17-8-7-14(20(25)26)11-22(17)19(16)24/h1,3,5,7-11,23H,2,4,6H2,(H,25,26). The molecular formula is C20H16N2O4. The highest BCUT2D eigenvalue weighted by Crippen LogP contribution is 2.30. The number of hydrogen-bond acceptors (Lipinski definition) is 4. The summed E-state index contributed by atoms with van der Waals surface area (Å²) in [6, 6.07) is 9.91. The average Bonchev–Trinajstić information content (AvgIpc) is 2.62. The number of aromatic carboxylic acids is 1. The van der Waals surface area contributed by atoms with Gasteiger partial charge in [0.25, 0.3) is 5.56 Å². The number of hydrogen-bond donors (Lipinski definition) is 2. The van der Waals surface area contributed by atoms with Gasteiger partial charge in [-0.3, -0.25) is 9.20 Å². The minimum absolute atomic E-state index is 0.0488. The zero-order chi connectivity index (χ0) is 18.3. The monoisotopic (exact) mass is 348 g/mol. The van der Waals surface area contributed by atoms with Crippen LogP contribution in [0.3, 0.4) is 0 Å². The molecule has 0 unspecified atom stereocenters. The zero-order valence-corrected chi connectivity index (χ0v) is 13.8. The van der Waals surface area contributed by atoms with Crippen LogP contribution in [0, 0.1) is 0 Å². The van der Waals surface area contributed by atoms with Gasteiger partial charge < -0.3 is 10.2 Å². The van der Waals surface area contributed by atoms with E-state index in [-0.39, 0.29) is 16.9 Å². The third kappa shape index (κ3) is 2.75. The van der Waals surface area contributed by atoms with Crippen LogP contribution < -0.4 is 5.56 Å². The van der Waals surface area contributed by atoms with Crippen molar-refractivity contribution in [3.05, 3.63) is 75.3 Å². The molecule has 2 heterocycles. The predicted molar refractivity (Wildman–Crippen MR) is 97.3 cm³/mol. The highest BCUT2D eigenvalue weighted by Gasteiger charge is 2.21. The van der Waals surface area contributed by atoms with Crippen LogP contribution in [0.4, 0.5) is 0 Å². The van der Waals surface area contributed by atoms with Crippen molar-refractivity contribution in [3.63, 3.8) is 0 Å². The summed E-state index contributed by atoms with van der Waals surface area (Å²) in [4.78, 5) is 28.6. The van der Waals surface area contributed by atoms with Crippen molar-refractivity contribution in [1.29, 1.82) is 0 Å². The quantitative estimate of drug-likeness (QED) is 0.743. The Hall–Kier alpha value is -3.41. The molecule has 0 fully saturated rings. The smallest absolute Gasteiger partial charge is 0.337 e. The second kappa shape index (κ2) is 6.15. The molecule has 2 aromatic heterocycles. The molecule has 2 N–H and O–H groups in total. The van der Waals surface area contributed by atoms with E-state index in [1.807, 2.05) is 12.1 Å². The highest BCUT2D eigenvalue weighted by molar-refractivity contribution is 5.88. The number of nitrogens with zero attached hydrogens (tertiary/aromatic N) is 2. The van der Waals surface area contributed by atoms with Crippen molar-refractivity contribution in [3.8, 4) is 5.75 Å². The Bertz CT molecular complexity index is 1130. The van der Waals surface area contributed by atoms with Gasteiger partial charge in [0.1, 0.15) is 11.4 Å². The average molecular weight is 348 g/mol. The molecular weight excluding hydrogens is 332 g/mol. The summed E-state index contributed by atoms with van der Waals surface area (Å²) in [7, 11) is 0. The summed E-state index contributed by atoms with van der Waals surface area (Å²) < 4.78 is 1.31. The summed E-state index contributed by atoms with van der Waals surface area (Å²) in [5.41, 5.74) is 3.29. The number of allylic oxidation sites excluding steroid dienone is 1. The lowest BCUT2D eigenvalue weighted by Crippen LogP contribution is -2.25. The van der Waals surface area contributed by atoms with Crippen LogP contribution in [-0.4, -0.2) is 25.6 Å². The van der Waals surface area contributed by atoms with Gasteiger partial charge >= 0.3 is 5.97 Å². The number of aromatic hydroxyl groups is 1. The fraction of sp³-hybridized carbons (Fsp3) is 0.150. The molecule has 130 valence electrons. The number of carbonyl (C=O) groups is 1. The lowest BCUT2D eigenvalue weighted by molar-refractivity contribution is 0.0696. The first-order valence-electron chi connectivity index (χ1n) is 8.31. The number of carboxylic acids is 1. The lowest BCUT2D eigenvalue weighted by Gasteiger charge is -2.18. The largest absolute Gasteiger partial charge is 0.508 e. The van der Waals surface area contributed by atoms with Crippen molar-refractivity contribution < 1.29 is 15.0 Å². The van der Waals surface area contributed by atoms with Crippen LogP contribution in [0.1, 0.15) is 40.0 Å². The fourth-order valence-corrected chi connectivity index (χ4v) is 3.32. The SMILES string of the molecule is O=C(O)c1ccc2nc3c(c(=O)n2c1)CCCC3=Cc1cccc(O)c1. The van der Waals surface area contributed by atoms with Crippen LogP contribution in [-0.2, 0) is 6.42 Å². The van der Waals surface area contributed by atoms with Gasteiger partial charge in [-0.1, -0.05) is 12.1 Å². The van der Waals surface area contributed by atoms with Crippen molar-refractivity contribution in [2.45, 2.75) is 19.3 Å². The van der Waals surface area contributed by atoms with Gasteiger partial charge in [-0.15, -0.1) is 0 Å². The minimum atomic E-state index is -1.08. The first kappa shape index (κ1) is 16.1. The highest BCUT2D eigenvalue weighted by atomic mass is 16.4. The third-order valence-corrected chi connectivity index (χ3v) is 4.55. The van der Waals surface area contributed by atoms with E-state index < -0.39 is 5.97 Å². The Labute approximate surface area is 148 Å². The van der Waals surface area contributed by atoms with E-state index in [2.05, 4.69) is 4.98 Å². The zero-order valence-electron chi connectivity index (χ0n) is 13.8. The molecule has 1 aliphatic carbocycles. The second-order valence-electron chi connectivity index (χ2n) is 6.31. The molecule has 0 aliphatic heterocycles. The predicted octanol–water partition coefficient (Wildman–Crippen LogP) is 2.98. The van der Waals surface area contributed by atoms with E-state index in [9.17, 15) is 14.7 Å². The van der Waals surface area contributed by atoms with E-state index in [4.69, 9.17) is 5.11 Å². The fourth-order valence-electron chi connectivity index (χ4n) is 3.32. The molecule has 26 heavy (non-hydrogen) atoms. The van der Waals surface area contributed by atoms with Crippen LogP contribution in [0.25, 0.3) is 17.3 Å². The van der Waals surface area contributed by atoms with Crippen LogP contribution in [0.15, 0.2) is 47.4 Å². The summed E-state index contributed by atoms with van der Waals surface area (Å²) in [6.45, 7) is 0. The maximum Gasteiger partial charge on any atom is 0.337 e.